The lowest BCUT2D eigenvalue weighted by Crippen LogP contribution is -2.26. The number of pyridine rings is 2. The highest BCUT2D eigenvalue weighted by molar-refractivity contribution is 7.99. The van der Waals surface area contributed by atoms with Crippen LogP contribution in [0.2, 0.25) is 0 Å². The van der Waals surface area contributed by atoms with Crippen LogP contribution < -0.4 is 10.6 Å². The maximum Gasteiger partial charge on any atom is 0.255 e. The van der Waals surface area contributed by atoms with Crippen LogP contribution in [0.25, 0.3) is 11.4 Å². The van der Waals surface area contributed by atoms with Gasteiger partial charge >= 0.3 is 0 Å². The molecule has 3 N–H and O–H groups in total. The molecule has 1 aromatic carbocycles. The number of nitrogens with one attached hydrogen (secondary N) is 2. The van der Waals surface area contributed by atoms with Crippen LogP contribution in [0, 0.1) is 13.8 Å². The zero-order chi connectivity index (χ0) is 25.2. The Morgan fingerprint density at radius 3 is 2.72 bits per heavy atom. The fraction of sp³-hybridized carbons (Fsp3) is 0.259. The average molecular weight is 501 g/mol. The first-order valence-corrected chi connectivity index (χ1v) is 12.8. The van der Waals surface area contributed by atoms with Gasteiger partial charge in [-0.05, 0) is 61.4 Å². The topological polar surface area (TPSA) is 105 Å². The first kappa shape index (κ1) is 24.0. The predicted octanol–water partition coefficient (Wildman–Crippen LogP) is 4.36. The second-order valence-electron chi connectivity index (χ2n) is 8.85. The summed E-state index contributed by atoms with van der Waals surface area (Å²) < 4.78 is 1.83. The monoisotopic (exact) mass is 500 g/mol. The summed E-state index contributed by atoms with van der Waals surface area (Å²) in [7, 11) is 1.90. The molecule has 4 heterocycles. The van der Waals surface area contributed by atoms with E-state index in [2.05, 4.69) is 20.6 Å². The third-order valence-electron chi connectivity index (χ3n) is 6.35. The van der Waals surface area contributed by atoms with Crippen molar-refractivity contribution in [3.63, 3.8) is 0 Å². The Morgan fingerprint density at radius 1 is 1.17 bits per heavy atom. The largest absolute Gasteiger partial charge is 0.394 e. The number of hydrogen-bond donors (Lipinski definition) is 3. The number of anilines is 2. The van der Waals surface area contributed by atoms with Gasteiger partial charge < -0.3 is 15.7 Å². The minimum atomic E-state index is -0.174. The number of nitrogens with zero attached hydrogens (tertiary/aromatic N) is 4. The first-order valence-electron chi connectivity index (χ1n) is 11.8. The minimum Gasteiger partial charge on any atom is -0.394 e. The number of aliphatic hydroxyl groups is 1. The van der Waals surface area contributed by atoms with Crippen LogP contribution in [-0.2, 0) is 7.05 Å². The van der Waals surface area contributed by atoms with Crippen LogP contribution in [0.4, 0.5) is 11.5 Å². The highest BCUT2D eigenvalue weighted by atomic mass is 32.2. The molecule has 9 heteroatoms. The molecular weight excluding hydrogens is 472 g/mol. The molecule has 0 fully saturated rings. The van der Waals surface area contributed by atoms with Crippen molar-refractivity contribution >= 4 is 29.2 Å². The fourth-order valence-corrected chi connectivity index (χ4v) is 5.90. The zero-order valence-electron chi connectivity index (χ0n) is 20.4. The molecule has 184 valence electrons. The van der Waals surface area contributed by atoms with Crippen molar-refractivity contribution in [2.45, 2.75) is 25.1 Å². The van der Waals surface area contributed by atoms with Gasteiger partial charge in [0.1, 0.15) is 11.5 Å². The van der Waals surface area contributed by atoms with Gasteiger partial charge in [-0.2, -0.15) is 5.10 Å². The fourth-order valence-electron chi connectivity index (χ4n) is 4.45. The summed E-state index contributed by atoms with van der Waals surface area (Å²) in [6.07, 6.45) is 3.47. The van der Waals surface area contributed by atoms with Crippen LogP contribution in [0.15, 0.2) is 60.9 Å². The van der Waals surface area contributed by atoms with Crippen LogP contribution in [-0.4, -0.2) is 49.2 Å². The standard InChI is InChI=1S/C27H28N6O2S/c1-16-13-18(27(35)31-21-8-6-12-28-17(21)2)9-10-20(16)25-23-24(22-7-4-5-11-29-22)32-33(3)26(23)30-19(14-34)15-36-25/h4-13,19,25,30,34H,14-15H2,1-3H3,(H,31,35). The lowest BCUT2D eigenvalue weighted by Gasteiger charge is -2.19. The van der Waals surface area contributed by atoms with E-state index in [-0.39, 0.29) is 23.8 Å². The molecule has 1 aliphatic heterocycles. The molecule has 0 radical (unpaired) electrons. The Morgan fingerprint density at radius 2 is 2.00 bits per heavy atom. The average Bonchev–Trinajstić information content (AvgIpc) is 3.08. The molecule has 8 nitrogen and oxygen atoms in total. The van der Waals surface area contributed by atoms with E-state index in [1.165, 1.54) is 0 Å². The molecule has 0 spiro atoms. The van der Waals surface area contributed by atoms with Crippen LogP contribution in [0.5, 0.6) is 0 Å². The summed E-state index contributed by atoms with van der Waals surface area (Å²) in [4.78, 5) is 21.8. The number of aliphatic hydroxyl groups excluding tert-OH is 1. The highest BCUT2D eigenvalue weighted by Gasteiger charge is 2.33. The maximum absolute atomic E-state index is 13.0. The molecule has 2 atom stereocenters. The molecule has 1 aliphatic rings. The number of carbonyl (C=O) groups is 1. The van der Waals surface area contributed by atoms with E-state index in [0.717, 1.165) is 45.3 Å². The van der Waals surface area contributed by atoms with Crippen molar-refractivity contribution in [3.8, 4) is 11.4 Å². The summed E-state index contributed by atoms with van der Waals surface area (Å²) in [5, 5.41) is 21.1. The molecule has 0 bridgehead atoms. The van der Waals surface area contributed by atoms with Gasteiger partial charge in [-0.25, -0.2) is 0 Å². The van der Waals surface area contributed by atoms with E-state index in [0.29, 0.717) is 11.3 Å². The Balaban J connectivity index is 1.54. The maximum atomic E-state index is 13.0. The molecule has 3 aromatic heterocycles. The van der Waals surface area contributed by atoms with Gasteiger partial charge in [0.25, 0.3) is 5.91 Å². The summed E-state index contributed by atoms with van der Waals surface area (Å²) in [6, 6.07) is 15.2. The Hall–Kier alpha value is -3.69. The van der Waals surface area contributed by atoms with Crippen LogP contribution in [0.1, 0.15) is 38.0 Å². The van der Waals surface area contributed by atoms with Gasteiger partial charge in [-0.3, -0.25) is 19.4 Å². The molecule has 2 unspecified atom stereocenters. The quantitative estimate of drug-likeness (QED) is 0.374. The lowest BCUT2D eigenvalue weighted by atomic mass is 9.96. The van der Waals surface area contributed by atoms with Crippen LogP contribution >= 0.6 is 11.8 Å². The molecule has 36 heavy (non-hydrogen) atoms. The van der Waals surface area contributed by atoms with Gasteiger partial charge in [-0.1, -0.05) is 12.1 Å². The number of aromatic nitrogens is 4. The molecule has 1 amide bonds. The Labute approximate surface area is 214 Å². The molecule has 0 saturated heterocycles. The lowest BCUT2D eigenvalue weighted by molar-refractivity contribution is 0.102. The van der Waals surface area contributed by atoms with Gasteiger partial charge in [0.15, 0.2) is 0 Å². The number of hydrogen-bond acceptors (Lipinski definition) is 7. The van der Waals surface area contributed by atoms with Crippen molar-refractivity contribution in [1.29, 1.82) is 0 Å². The third kappa shape index (κ3) is 4.59. The molecule has 5 rings (SSSR count). The summed E-state index contributed by atoms with van der Waals surface area (Å²) in [6.45, 7) is 3.92. The summed E-state index contributed by atoms with van der Waals surface area (Å²) in [5.74, 6) is 1.42. The second kappa shape index (κ2) is 10.1. The highest BCUT2D eigenvalue weighted by Crippen LogP contribution is 2.47. The number of carbonyl (C=O) groups excluding carboxylic acids is 1. The van der Waals surface area contributed by atoms with Crippen LogP contribution in [0.3, 0.4) is 0 Å². The number of aryl methyl sites for hydroxylation is 3. The number of amides is 1. The zero-order valence-corrected chi connectivity index (χ0v) is 21.2. The number of thioether (sulfide) groups is 1. The number of rotatable bonds is 5. The molecular formula is C27H28N6O2S. The minimum absolute atomic E-state index is 0.0229. The smallest absolute Gasteiger partial charge is 0.255 e. The molecule has 4 aromatic rings. The molecule has 0 saturated carbocycles. The third-order valence-corrected chi connectivity index (χ3v) is 7.77. The van der Waals surface area contributed by atoms with Crippen molar-refractivity contribution < 1.29 is 9.90 Å². The SMILES string of the molecule is Cc1cc(C(=O)Nc2cccnc2C)ccc1C1SCC(CO)Nc2c1c(-c1ccccn1)nn2C. The van der Waals surface area contributed by atoms with Crippen molar-refractivity contribution in [3.05, 3.63) is 88.9 Å². The van der Waals surface area contributed by atoms with E-state index in [1.54, 1.807) is 30.2 Å². The summed E-state index contributed by atoms with van der Waals surface area (Å²) in [5.41, 5.74) is 6.79. The van der Waals surface area contributed by atoms with Crippen molar-refractivity contribution in [2.75, 3.05) is 23.0 Å². The number of fused-ring (bicyclic) bond motifs is 1. The van der Waals surface area contributed by atoms with Gasteiger partial charge in [0.2, 0.25) is 0 Å². The van der Waals surface area contributed by atoms with Crippen molar-refractivity contribution in [1.82, 2.24) is 19.7 Å². The van der Waals surface area contributed by atoms with E-state index in [1.807, 2.05) is 68.0 Å². The van der Waals surface area contributed by atoms with Crippen molar-refractivity contribution in [2.24, 2.45) is 7.05 Å². The number of benzene rings is 1. The Kier molecular flexibility index (Phi) is 6.75. The van der Waals surface area contributed by atoms with E-state index < -0.39 is 0 Å². The van der Waals surface area contributed by atoms with Gasteiger partial charge in [0.05, 0.1) is 35.0 Å². The van der Waals surface area contributed by atoms with Gasteiger partial charge in [0, 0.05) is 36.3 Å². The Bertz CT molecular complexity index is 1400. The predicted molar refractivity (Wildman–Crippen MR) is 143 cm³/mol. The van der Waals surface area contributed by atoms with E-state index in [9.17, 15) is 9.90 Å². The second-order valence-corrected chi connectivity index (χ2v) is 9.99. The first-order chi connectivity index (χ1) is 17.5. The summed E-state index contributed by atoms with van der Waals surface area (Å²) >= 11 is 1.76. The molecule has 0 aliphatic carbocycles. The van der Waals surface area contributed by atoms with Gasteiger partial charge in [-0.15, -0.1) is 11.8 Å². The normalized spacial score (nSPS) is 17.1. The van der Waals surface area contributed by atoms with E-state index >= 15 is 0 Å². The van der Waals surface area contributed by atoms with E-state index in [4.69, 9.17) is 5.10 Å².